The van der Waals surface area contributed by atoms with Crippen LogP contribution in [0.3, 0.4) is 0 Å². The number of fused-ring (bicyclic) bond motifs is 1. The quantitative estimate of drug-likeness (QED) is 0.384. The fraction of sp³-hybridized carbons (Fsp3) is 0.611. The van der Waals surface area contributed by atoms with Gasteiger partial charge in [-0.2, -0.15) is 0 Å². The zero-order chi connectivity index (χ0) is 21.0. The number of carbonyl (C=O) groups is 2. The molecule has 1 aromatic rings. The third-order valence-electron chi connectivity index (χ3n) is 6.04. The van der Waals surface area contributed by atoms with E-state index in [1.807, 2.05) is 6.92 Å². The van der Waals surface area contributed by atoms with E-state index >= 15 is 0 Å². The Morgan fingerprint density at radius 1 is 1.41 bits per heavy atom. The standard InChI is InChI=1S/C18H24N4O6S/c1-7-13-12(8(2)23)16(25)22(13)14(17(26)27)15(7)29-10-3-9(19-4-10)6-21-11(24)5-20-18(21)28/h5,7-10,12-13,19,23-24H,3-4,6H2,1-2H3,(H,20,28)(H,26,27)/t7-,8-,9+,10+,12-,13-/m1/s1. The lowest BCUT2D eigenvalue weighted by atomic mass is 9.79. The summed E-state index contributed by atoms with van der Waals surface area (Å²) < 4.78 is 1.25. The van der Waals surface area contributed by atoms with Crippen LogP contribution in [0.4, 0.5) is 0 Å². The van der Waals surface area contributed by atoms with Gasteiger partial charge in [-0.3, -0.25) is 9.36 Å². The molecular weight excluding hydrogens is 400 g/mol. The predicted octanol–water partition coefficient (Wildman–Crippen LogP) is -0.501. The summed E-state index contributed by atoms with van der Waals surface area (Å²) in [4.78, 5) is 40.4. The van der Waals surface area contributed by atoms with Gasteiger partial charge >= 0.3 is 11.7 Å². The van der Waals surface area contributed by atoms with Crippen molar-refractivity contribution in [2.24, 2.45) is 11.8 Å². The summed E-state index contributed by atoms with van der Waals surface area (Å²) in [6, 6.07) is -0.363. The number of aliphatic carboxylic acids is 1. The highest BCUT2D eigenvalue weighted by molar-refractivity contribution is 8.03. The third-order valence-corrected chi connectivity index (χ3v) is 7.55. The van der Waals surface area contributed by atoms with Gasteiger partial charge in [-0.25, -0.2) is 9.59 Å². The van der Waals surface area contributed by atoms with Gasteiger partial charge in [-0.1, -0.05) is 6.92 Å². The normalized spacial score (nSPS) is 32.4. The Balaban J connectivity index is 1.48. The first kappa shape index (κ1) is 20.0. The number of H-pyrrole nitrogens is 1. The van der Waals surface area contributed by atoms with E-state index in [2.05, 4.69) is 10.3 Å². The summed E-state index contributed by atoms with van der Waals surface area (Å²) in [7, 11) is 0. The van der Waals surface area contributed by atoms with Gasteiger partial charge in [0.05, 0.1) is 24.3 Å². The van der Waals surface area contributed by atoms with Crippen molar-refractivity contribution in [1.82, 2.24) is 19.8 Å². The van der Waals surface area contributed by atoms with Gasteiger partial charge in [0.15, 0.2) is 0 Å². The largest absolute Gasteiger partial charge is 0.493 e. The second-order valence-electron chi connectivity index (χ2n) is 7.92. The number of nitrogens with one attached hydrogen (secondary N) is 2. The number of amides is 1. The molecule has 2 fully saturated rings. The van der Waals surface area contributed by atoms with E-state index in [-0.39, 0.29) is 46.4 Å². The Morgan fingerprint density at radius 3 is 2.72 bits per heavy atom. The van der Waals surface area contributed by atoms with Crippen LogP contribution in [-0.4, -0.2) is 71.6 Å². The fourth-order valence-electron chi connectivity index (χ4n) is 4.65. The number of thioether (sulfide) groups is 1. The Hall–Kier alpha value is -2.24. The molecule has 1 amide bonds. The molecule has 5 N–H and O–H groups in total. The minimum absolute atomic E-state index is 0.0253. The molecule has 4 heterocycles. The van der Waals surface area contributed by atoms with Crippen molar-refractivity contribution in [3.05, 3.63) is 27.3 Å². The summed E-state index contributed by atoms with van der Waals surface area (Å²) in [6.07, 6.45) is 1.10. The van der Waals surface area contributed by atoms with Crippen molar-refractivity contribution in [2.45, 2.75) is 50.3 Å². The van der Waals surface area contributed by atoms with Gasteiger partial charge in [-0.15, -0.1) is 11.8 Å². The predicted molar refractivity (Wildman–Crippen MR) is 104 cm³/mol. The number of aromatic nitrogens is 2. The number of aliphatic hydroxyl groups is 1. The molecule has 0 radical (unpaired) electrons. The number of carboxylic acids is 1. The number of imidazole rings is 1. The average Bonchev–Trinajstić information content (AvgIpc) is 3.28. The number of β-lactam (4-membered cyclic amide) rings is 1. The van der Waals surface area contributed by atoms with Gasteiger partial charge in [0.2, 0.25) is 11.8 Å². The van der Waals surface area contributed by atoms with Crippen molar-refractivity contribution < 1.29 is 24.9 Å². The number of nitrogens with zero attached hydrogens (tertiary/aromatic N) is 2. The van der Waals surface area contributed by atoms with Crippen LogP contribution in [0.1, 0.15) is 20.3 Å². The molecule has 0 aromatic carbocycles. The lowest BCUT2D eigenvalue weighted by molar-refractivity contribution is -0.163. The fourth-order valence-corrected chi connectivity index (χ4v) is 6.17. The lowest BCUT2D eigenvalue weighted by Gasteiger charge is -2.46. The van der Waals surface area contributed by atoms with E-state index in [9.17, 15) is 29.7 Å². The summed E-state index contributed by atoms with van der Waals surface area (Å²) in [5, 5.41) is 32.8. The number of carbonyl (C=O) groups excluding carboxylic acids is 1. The number of aliphatic hydroxyl groups excluding tert-OH is 1. The highest BCUT2D eigenvalue weighted by atomic mass is 32.2. The first-order chi connectivity index (χ1) is 13.7. The summed E-state index contributed by atoms with van der Waals surface area (Å²) in [6.45, 7) is 4.39. The highest BCUT2D eigenvalue weighted by Gasteiger charge is 2.60. The van der Waals surface area contributed by atoms with E-state index < -0.39 is 18.0 Å². The first-order valence-corrected chi connectivity index (χ1v) is 10.4. The minimum atomic E-state index is -1.13. The zero-order valence-electron chi connectivity index (χ0n) is 16.0. The van der Waals surface area contributed by atoms with Crippen molar-refractivity contribution in [2.75, 3.05) is 6.54 Å². The average molecular weight is 424 g/mol. The summed E-state index contributed by atoms with van der Waals surface area (Å²) in [5.41, 5.74) is -0.356. The monoisotopic (exact) mass is 424 g/mol. The molecular formula is C18H24N4O6S. The molecule has 1 aromatic heterocycles. The van der Waals surface area contributed by atoms with Crippen LogP contribution >= 0.6 is 11.8 Å². The van der Waals surface area contributed by atoms with Crippen LogP contribution in [-0.2, 0) is 16.1 Å². The Bertz CT molecular complexity index is 937. The molecule has 11 heteroatoms. The van der Waals surface area contributed by atoms with Gasteiger partial charge in [-0.05, 0) is 13.3 Å². The number of aromatic hydroxyl groups is 1. The van der Waals surface area contributed by atoms with E-state index in [1.54, 1.807) is 6.92 Å². The molecule has 3 aliphatic rings. The summed E-state index contributed by atoms with van der Waals surface area (Å²) >= 11 is 1.45. The van der Waals surface area contributed by atoms with Crippen molar-refractivity contribution in [3.63, 3.8) is 0 Å². The highest BCUT2D eigenvalue weighted by Crippen LogP contribution is 2.51. The van der Waals surface area contributed by atoms with Crippen molar-refractivity contribution in [3.8, 4) is 5.88 Å². The molecule has 0 aliphatic carbocycles. The van der Waals surface area contributed by atoms with E-state index in [4.69, 9.17) is 0 Å². The van der Waals surface area contributed by atoms with Crippen LogP contribution in [0.2, 0.25) is 0 Å². The maximum Gasteiger partial charge on any atom is 0.353 e. The molecule has 29 heavy (non-hydrogen) atoms. The van der Waals surface area contributed by atoms with Crippen molar-refractivity contribution in [1.29, 1.82) is 0 Å². The molecule has 0 bridgehead atoms. The maximum absolute atomic E-state index is 12.4. The number of rotatable bonds is 6. The van der Waals surface area contributed by atoms with E-state index in [0.717, 1.165) is 0 Å². The number of carboxylic acid groups (broad SMARTS) is 1. The Morgan fingerprint density at radius 2 is 2.14 bits per heavy atom. The zero-order valence-corrected chi connectivity index (χ0v) is 16.8. The van der Waals surface area contributed by atoms with Gasteiger partial charge in [0, 0.05) is 35.2 Å². The van der Waals surface area contributed by atoms with Crippen LogP contribution in [0.5, 0.6) is 5.88 Å². The van der Waals surface area contributed by atoms with Gasteiger partial charge in [0.1, 0.15) is 5.70 Å². The smallest absolute Gasteiger partial charge is 0.353 e. The van der Waals surface area contributed by atoms with Gasteiger partial charge < -0.3 is 30.5 Å². The molecule has 158 valence electrons. The molecule has 2 saturated heterocycles. The van der Waals surface area contributed by atoms with Crippen LogP contribution in [0, 0.1) is 11.8 Å². The lowest BCUT2D eigenvalue weighted by Crippen LogP contribution is -2.63. The Kier molecular flexibility index (Phi) is 4.99. The summed E-state index contributed by atoms with van der Waals surface area (Å²) in [5.74, 6) is -2.34. The molecule has 0 saturated carbocycles. The van der Waals surface area contributed by atoms with Crippen molar-refractivity contribution >= 4 is 23.6 Å². The van der Waals surface area contributed by atoms with Crippen LogP contribution in [0.15, 0.2) is 21.6 Å². The van der Waals surface area contributed by atoms with Crippen LogP contribution in [0.25, 0.3) is 0 Å². The van der Waals surface area contributed by atoms with Gasteiger partial charge in [0.25, 0.3) is 0 Å². The molecule has 3 aliphatic heterocycles. The van der Waals surface area contributed by atoms with E-state index in [1.165, 1.54) is 27.4 Å². The third kappa shape index (κ3) is 3.17. The SMILES string of the molecule is C[C@@H](O)[C@H]1C(=O)N2C(C(=O)O)=C(S[C@@H]3CN[C@H](Cn4c(O)c[nH]c4=O)C3)[C@H](C)[C@H]12. The Labute approximate surface area is 170 Å². The molecule has 10 nitrogen and oxygen atoms in total. The minimum Gasteiger partial charge on any atom is -0.493 e. The number of hydrogen-bond donors (Lipinski definition) is 5. The topological polar surface area (TPSA) is 148 Å². The molecule has 6 atom stereocenters. The second kappa shape index (κ2) is 7.22. The molecule has 4 rings (SSSR count). The molecule has 0 unspecified atom stereocenters. The number of hydrogen-bond acceptors (Lipinski definition) is 7. The van der Waals surface area contributed by atoms with Crippen LogP contribution < -0.4 is 11.0 Å². The second-order valence-corrected chi connectivity index (χ2v) is 9.26. The maximum atomic E-state index is 12.4. The molecule has 0 spiro atoms. The number of aromatic amines is 1. The first-order valence-electron chi connectivity index (χ1n) is 9.56. The van der Waals surface area contributed by atoms with E-state index in [0.29, 0.717) is 24.4 Å².